The van der Waals surface area contributed by atoms with E-state index in [1.54, 1.807) is 13.8 Å². The highest BCUT2D eigenvalue weighted by molar-refractivity contribution is 6.18. The number of hydrogen-bond acceptors (Lipinski definition) is 5. The van der Waals surface area contributed by atoms with E-state index in [-0.39, 0.29) is 35.3 Å². The first-order valence-corrected chi connectivity index (χ1v) is 11.2. The van der Waals surface area contributed by atoms with Crippen molar-refractivity contribution in [1.82, 2.24) is 9.88 Å². The van der Waals surface area contributed by atoms with Gasteiger partial charge in [0.1, 0.15) is 0 Å². The standard InChI is InChI=1S/C26H24F2N2O5/c1-14(2)33-24(32)17-12-30(23(31)16-9-7-11-19-22(16)35-26(27,28)34-19)13-25(3,4)20-15-8-5-6-10-18(15)29-21(17)20/h5-12,14,29H,13H2,1-4H3. The lowest BCUT2D eigenvalue weighted by atomic mass is 9.81. The summed E-state index contributed by atoms with van der Waals surface area (Å²) in [5, 5.41) is 0.919. The maximum Gasteiger partial charge on any atom is 0.586 e. The number of nitrogens with zero attached hydrogens (tertiary/aromatic N) is 1. The van der Waals surface area contributed by atoms with Crippen LogP contribution in [0.4, 0.5) is 8.78 Å². The van der Waals surface area contributed by atoms with Gasteiger partial charge in [0.25, 0.3) is 5.91 Å². The number of nitrogens with one attached hydrogen (secondary N) is 1. The van der Waals surface area contributed by atoms with Crippen LogP contribution in [-0.2, 0) is 14.9 Å². The van der Waals surface area contributed by atoms with Crippen LogP contribution in [0.15, 0.2) is 48.7 Å². The third-order valence-electron chi connectivity index (χ3n) is 5.99. The van der Waals surface area contributed by atoms with Crippen molar-refractivity contribution in [3.63, 3.8) is 0 Å². The van der Waals surface area contributed by atoms with E-state index in [9.17, 15) is 18.4 Å². The first-order valence-electron chi connectivity index (χ1n) is 11.2. The molecule has 35 heavy (non-hydrogen) atoms. The molecule has 0 saturated heterocycles. The number of aromatic nitrogens is 1. The molecule has 0 aliphatic carbocycles. The monoisotopic (exact) mass is 482 g/mol. The summed E-state index contributed by atoms with van der Waals surface area (Å²) < 4.78 is 42.1. The molecule has 7 nitrogen and oxygen atoms in total. The summed E-state index contributed by atoms with van der Waals surface area (Å²) in [5.74, 6) is -1.78. The van der Waals surface area contributed by atoms with Gasteiger partial charge in [-0.3, -0.25) is 4.79 Å². The highest BCUT2D eigenvalue weighted by Gasteiger charge is 2.46. The van der Waals surface area contributed by atoms with Gasteiger partial charge in [-0.1, -0.05) is 38.1 Å². The van der Waals surface area contributed by atoms with Gasteiger partial charge in [-0.25, -0.2) is 4.79 Å². The predicted octanol–water partition coefficient (Wildman–Crippen LogP) is 5.22. The fourth-order valence-electron chi connectivity index (χ4n) is 4.67. The van der Waals surface area contributed by atoms with E-state index in [2.05, 4.69) is 14.5 Å². The second-order valence-corrected chi connectivity index (χ2v) is 9.53. The maximum atomic E-state index is 13.7. The van der Waals surface area contributed by atoms with Gasteiger partial charge in [0.2, 0.25) is 0 Å². The Hall–Kier alpha value is -3.88. The van der Waals surface area contributed by atoms with Crippen molar-refractivity contribution in [3.05, 3.63) is 65.5 Å². The number of rotatable bonds is 3. The van der Waals surface area contributed by atoms with Crippen LogP contribution in [0.2, 0.25) is 0 Å². The van der Waals surface area contributed by atoms with Crippen molar-refractivity contribution in [2.24, 2.45) is 0 Å². The molecular formula is C26H24F2N2O5. The molecule has 2 aliphatic rings. The molecule has 2 aromatic carbocycles. The molecule has 1 amide bonds. The molecule has 3 aromatic rings. The number of amides is 1. The number of hydrogen-bond donors (Lipinski definition) is 1. The van der Waals surface area contributed by atoms with Crippen molar-refractivity contribution >= 4 is 28.4 Å². The van der Waals surface area contributed by atoms with E-state index < -0.39 is 23.6 Å². The molecule has 0 saturated carbocycles. The van der Waals surface area contributed by atoms with Gasteiger partial charge >= 0.3 is 12.3 Å². The number of esters is 1. The van der Waals surface area contributed by atoms with Crippen LogP contribution in [0.5, 0.6) is 11.5 Å². The fraction of sp³-hybridized carbons (Fsp3) is 0.308. The van der Waals surface area contributed by atoms with Crippen molar-refractivity contribution < 1.29 is 32.6 Å². The summed E-state index contributed by atoms with van der Waals surface area (Å²) in [6, 6.07) is 11.8. The second-order valence-electron chi connectivity index (χ2n) is 9.53. The Morgan fingerprint density at radius 2 is 1.83 bits per heavy atom. The molecule has 0 bridgehead atoms. The molecule has 2 aliphatic heterocycles. The van der Waals surface area contributed by atoms with Gasteiger partial charge in [-0.15, -0.1) is 8.78 Å². The normalized spacial score (nSPS) is 17.7. The molecule has 9 heteroatoms. The number of aromatic amines is 1. The van der Waals surface area contributed by atoms with Gasteiger partial charge < -0.3 is 24.1 Å². The van der Waals surface area contributed by atoms with Gasteiger partial charge in [-0.05, 0) is 37.6 Å². The van der Waals surface area contributed by atoms with Gasteiger partial charge in [0, 0.05) is 29.1 Å². The summed E-state index contributed by atoms with van der Waals surface area (Å²) >= 11 is 0. The van der Waals surface area contributed by atoms with Gasteiger partial charge in [-0.2, -0.15) is 0 Å². The average molecular weight is 482 g/mol. The molecule has 0 fully saturated rings. The molecule has 5 rings (SSSR count). The molecule has 0 unspecified atom stereocenters. The van der Waals surface area contributed by atoms with Crippen LogP contribution in [-0.4, -0.2) is 40.7 Å². The molecule has 0 spiro atoms. The Morgan fingerprint density at radius 3 is 2.57 bits per heavy atom. The Balaban J connectivity index is 1.66. The summed E-state index contributed by atoms with van der Waals surface area (Å²) in [5.41, 5.74) is 1.71. The Labute approximate surface area is 200 Å². The first-order chi connectivity index (χ1) is 16.5. The van der Waals surface area contributed by atoms with Gasteiger partial charge in [0.15, 0.2) is 11.5 Å². The van der Waals surface area contributed by atoms with Crippen molar-refractivity contribution in [2.75, 3.05) is 6.54 Å². The molecule has 182 valence electrons. The predicted molar refractivity (Wildman–Crippen MR) is 124 cm³/mol. The van der Waals surface area contributed by atoms with E-state index in [1.165, 1.54) is 29.3 Å². The van der Waals surface area contributed by atoms with E-state index >= 15 is 0 Å². The minimum Gasteiger partial charge on any atom is -0.459 e. The largest absolute Gasteiger partial charge is 0.586 e. The van der Waals surface area contributed by atoms with Crippen LogP contribution in [0.25, 0.3) is 16.5 Å². The number of alkyl halides is 2. The third-order valence-corrected chi connectivity index (χ3v) is 5.99. The number of halogens is 2. The summed E-state index contributed by atoms with van der Waals surface area (Å²) in [4.78, 5) is 31.5. The molecular weight excluding hydrogens is 458 g/mol. The highest BCUT2D eigenvalue weighted by Crippen LogP contribution is 2.45. The van der Waals surface area contributed by atoms with Crippen molar-refractivity contribution in [1.29, 1.82) is 0 Å². The van der Waals surface area contributed by atoms with E-state index in [0.29, 0.717) is 5.69 Å². The van der Waals surface area contributed by atoms with E-state index in [1.807, 2.05) is 38.1 Å². The Bertz CT molecular complexity index is 1390. The minimum atomic E-state index is -3.87. The number of carbonyl (C=O) groups excluding carboxylic acids is 2. The van der Waals surface area contributed by atoms with Crippen LogP contribution >= 0.6 is 0 Å². The highest BCUT2D eigenvalue weighted by atomic mass is 19.3. The number of benzene rings is 2. The van der Waals surface area contributed by atoms with Crippen LogP contribution in [0, 0.1) is 0 Å². The number of H-pyrrole nitrogens is 1. The Kier molecular flexibility index (Phi) is 5.12. The van der Waals surface area contributed by atoms with Crippen LogP contribution in [0.3, 0.4) is 0 Å². The van der Waals surface area contributed by atoms with Gasteiger partial charge in [0.05, 0.1) is 22.9 Å². The summed E-state index contributed by atoms with van der Waals surface area (Å²) in [7, 11) is 0. The number of fused-ring (bicyclic) bond motifs is 4. The Morgan fingerprint density at radius 1 is 1.09 bits per heavy atom. The second kappa shape index (κ2) is 7.83. The van der Waals surface area contributed by atoms with Crippen LogP contribution < -0.4 is 9.47 Å². The zero-order chi connectivity index (χ0) is 25.1. The summed E-state index contributed by atoms with van der Waals surface area (Å²) in [6.45, 7) is 7.55. The topological polar surface area (TPSA) is 80.9 Å². The lowest BCUT2D eigenvalue weighted by Gasteiger charge is -2.29. The number of ether oxygens (including phenoxy) is 3. The lowest BCUT2D eigenvalue weighted by molar-refractivity contribution is -0.286. The quantitative estimate of drug-likeness (QED) is 0.518. The lowest BCUT2D eigenvalue weighted by Crippen LogP contribution is -2.37. The number of carbonyl (C=O) groups is 2. The zero-order valence-corrected chi connectivity index (χ0v) is 19.6. The molecule has 3 heterocycles. The minimum absolute atomic E-state index is 0.0984. The van der Waals surface area contributed by atoms with Crippen LogP contribution in [0.1, 0.15) is 49.3 Å². The number of para-hydroxylation sites is 2. The smallest absolute Gasteiger partial charge is 0.459 e. The van der Waals surface area contributed by atoms with Crippen molar-refractivity contribution in [2.45, 2.75) is 45.5 Å². The molecule has 0 atom stereocenters. The first kappa shape index (κ1) is 22.9. The maximum absolute atomic E-state index is 13.7. The summed E-state index contributed by atoms with van der Waals surface area (Å²) in [6.07, 6.45) is -2.83. The average Bonchev–Trinajstić information content (AvgIpc) is 3.28. The fourth-order valence-corrected chi connectivity index (χ4v) is 4.67. The molecule has 1 N–H and O–H groups in total. The third kappa shape index (κ3) is 3.90. The zero-order valence-electron chi connectivity index (χ0n) is 19.6. The van der Waals surface area contributed by atoms with E-state index in [4.69, 9.17) is 4.74 Å². The molecule has 0 radical (unpaired) electrons. The van der Waals surface area contributed by atoms with E-state index in [0.717, 1.165) is 16.5 Å². The molecule has 1 aromatic heterocycles. The SMILES string of the molecule is CC(C)OC(=O)C1=CN(C(=O)c2cccc3c2OC(F)(F)O3)CC(C)(C)c2c1[nH]c1ccccc21. The van der Waals surface area contributed by atoms with Crippen molar-refractivity contribution in [3.8, 4) is 11.5 Å².